The zero-order valence-electron chi connectivity index (χ0n) is 11.8. The molecule has 1 heterocycles. The SMILES string of the molecule is CNC1CCCC1CCN1CCCCCCC1=O. The van der Waals surface area contributed by atoms with Crippen molar-refractivity contribution in [1.29, 1.82) is 0 Å². The number of carbonyl (C=O) groups excluding carboxylic acids is 1. The highest BCUT2D eigenvalue weighted by atomic mass is 16.2. The molecule has 0 aromatic carbocycles. The molecule has 1 saturated heterocycles. The largest absolute Gasteiger partial charge is 0.343 e. The first-order valence-electron chi connectivity index (χ1n) is 7.76. The molecule has 0 spiro atoms. The summed E-state index contributed by atoms with van der Waals surface area (Å²) in [5, 5.41) is 3.43. The maximum atomic E-state index is 12.0. The van der Waals surface area contributed by atoms with Crippen molar-refractivity contribution in [2.24, 2.45) is 5.92 Å². The summed E-state index contributed by atoms with van der Waals surface area (Å²) < 4.78 is 0. The number of nitrogens with one attached hydrogen (secondary N) is 1. The molecule has 3 heteroatoms. The quantitative estimate of drug-likeness (QED) is 0.834. The van der Waals surface area contributed by atoms with Crippen molar-refractivity contribution in [3.63, 3.8) is 0 Å². The van der Waals surface area contributed by atoms with Crippen LogP contribution in [0.1, 0.15) is 57.8 Å². The second-order valence-corrected chi connectivity index (χ2v) is 5.92. The van der Waals surface area contributed by atoms with Gasteiger partial charge in [0, 0.05) is 25.6 Å². The average molecular weight is 252 g/mol. The first-order chi connectivity index (χ1) is 8.81. The lowest BCUT2D eigenvalue weighted by Gasteiger charge is -2.27. The van der Waals surface area contributed by atoms with Gasteiger partial charge in [0.05, 0.1) is 0 Å². The molecule has 1 N–H and O–H groups in total. The maximum Gasteiger partial charge on any atom is 0.222 e. The van der Waals surface area contributed by atoms with E-state index in [9.17, 15) is 4.79 Å². The molecule has 1 aliphatic heterocycles. The Hall–Kier alpha value is -0.570. The van der Waals surface area contributed by atoms with Crippen molar-refractivity contribution in [3.05, 3.63) is 0 Å². The molecule has 18 heavy (non-hydrogen) atoms. The van der Waals surface area contributed by atoms with Crippen LogP contribution in [0.5, 0.6) is 0 Å². The Labute approximate surface area is 111 Å². The number of carbonyl (C=O) groups is 1. The van der Waals surface area contributed by atoms with Crippen LogP contribution in [0.3, 0.4) is 0 Å². The van der Waals surface area contributed by atoms with Crippen LogP contribution in [0, 0.1) is 5.92 Å². The third-order valence-electron chi connectivity index (χ3n) is 4.72. The Morgan fingerprint density at radius 2 is 2.00 bits per heavy atom. The molecule has 2 atom stereocenters. The summed E-state index contributed by atoms with van der Waals surface area (Å²) >= 11 is 0. The van der Waals surface area contributed by atoms with Crippen molar-refractivity contribution >= 4 is 5.91 Å². The maximum absolute atomic E-state index is 12.0. The smallest absolute Gasteiger partial charge is 0.222 e. The Bertz CT molecular complexity index is 267. The first kappa shape index (κ1) is 13.9. The number of likely N-dealkylation sites (tertiary alicyclic amines) is 1. The van der Waals surface area contributed by atoms with Gasteiger partial charge in [0.15, 0.2) is 0 Å². The van der Waals surface area contributed by atoms with Crippen molar-refractivity contribution in [1.82, 2.24) is 10.2 Å². The lowest BCUT2D eigenvalue weighted by Crippen LogP contribution is -2.36. The number of hydrogen-bond acceptors (Lipinski definition) is 2. The van der Waals surface area contributed by atoms with Gasteiger partial charge in [-0.1, -0.05) is 19.3 Å². The minimum atomic E-state index is 0.397. The molecule has 0 aromatic heterocycles. The molecule has 3 nitrogen and oxygen atoms in total. The average Bonchev–Trinajstić information content (AvgIpc) is 2.81. The minimum absolute atomic E-state index is 0.397. The Kier molecular flexibility index (Phi) is 5.48. The van der Waals surface area contributed by atoms with Crippen molar-refractivity contribution in [2.75, 3.05) is 20.1 Å². The van der Waals surface area contributed by atoms with E-state index in [1.807, 2.05) is 0 Å². The molecule has 1 amide bonds. The van der Waals surface area contributed by atoms with E-state index in [4.69, 9.17) is 0 Å². The highest BCUT2D eigenvalue weighted by molar-refractivity contribution is 5.76. The van der Waals surface area contributed by atoms with Crippen LogP contribution < -0.4 is 5.32 Å². The van der Waals surface area contributed by atoms with Gasteiger partial charge in [-0.05, 0) is 45.1 Å². The molecule has 1 saturated carbocycles. The second-order valence-electron chi connectivity index (χ2n) is 5.92. The monoisotopic (exact) mass is 252 g/mol. The fourth-order valence-corrected chi connectivity index (χ4v) is 3.54. The van der Waals surface area contributed by atoms with E-state index in [0.717, 1.165) is 31.8 Å². The van der Waals surface area contributed by atoms with Gasteiger partial charge in [0.1, 0.15) is 0 Å². The number of amides is 1. The number of nitrogens with zero attached hydrogens (tertiary/aromatic N) is 1. The third kappa shape index (κ3) is 3.71. The predicted molar refractivity (Wildman–Crippen MR) is 74.5 cm³/mol. The molecular formula is C15H28N2O. The molecule has 2 aliphatic rings. The van der Waals surface area contributed by atoms with Crippen molar-refractivity contribution in [3.8, 4) is 0 Å². The zero-order valence-corrected chi connectivity index (χ0v) is 11.8. The summed E-state index contributed by atoms with van der Waals surface area (Å²) in [6.07, 6.45) is 10.8. The van der Waals surface area contributed by atoms with Gasteiger partial charge in [-0.25, -0.2) is 0 Å². The van der Waals surface area contributed by atoms with Gasteiger partial charge in [0.25, 0.3) is 0 Å². The standard InChI is InChI=1S/C15H28N2O/c1-16-14-8-6-7-13(14)10-12-17-11-5-3-2-4-9-15(17)18/h13-14,16H,2-12H2,1H3. The zero-order chi connectivity index (χ0) is 12.8. The second kappa shape index (κ2) is 7.13. The molecule has 2 rings (SSSR count). The van der Waals surface area contributed by atoms with Crippen molar-refractivity contribution < 1.29 is 4.79 Å². The fraction of sp³-hybridized carbons (Fsp3) is 0.933. The topological polar surface area (TPSA) is 32.3 Å². The van der Waals surface area contributed by atoms with Crippen LogP contribution in [0.15, 0.2) is 0 Å². The summed E-state index contributed by atoms with van der Waals surface area (Å²) in [4.78, 5) is 14.2. The summed E-state index contributed by atoms with van der Waals surface area (Å²) in [7, 11) is 2.07. The number of hydrogen-bond donors (Lipinski definition) is 1. The third-order valence-corrected chi connectivity index (χ3v) is 4.72. The van der Waals surface area contributed by atoms with Gasteiger partial charge in [-0.15, -0.1) is 0 Å². The van der Waals surface area contributed by atoms with Gasteiger partial charge < -0.3 is 10.2 Å². The summed E-state index contributed by atoms with van der Waals surface area (Å²) in [5.41, 5.74) is 0. The molecule has 104 valence electrons. The van der Waals surface area contributed by atoms with Gasteiger partial charge in [-0.3, -0.25) is 4.79 Å². The van der Waals surface area contributed by atoms with E-state index < -0.39 is 0 Å². The Morgan fingerprint density at radius 1 is 1.17 bits per heavy atom. The van der Waals surface area contributed by atoms with Crippen LogP contribution >= 0.6 is 0 Å². The van der Waals surface area contributed by atoms with Crippen LogP contribution in [0.4, 0.5) is 0 Å². The summed E-state index contributed by atoms with van der Waals surface area (Å²) in [6.45, 7) is 1.98. The van der Waals surface area contributed by atoms with Crippen LogP contribution in [0.25, 0.3) is 0 Å². The lowest BCUT2D eigenvalue weighted by molar-refractivity contribution is -0.132. The molecule has 0 aromatic rings. The normalized spacial score (nSPS) is 30.3. The first-order valence-corrected chi connectivity index (χ1v) is 7.76. The van der Waals surface area contributed by atoms with Crippen molar-refractivity contribution in [2.45, 2.75) is 63.8 Å². The van der Waals surface area contributed by atoms with Gasteiger partial charge >= 0.3 is 0 Å². The highest BCUT2D eigenvalue weighted by Gasteiger charge is 2.26. The molecule has 2 fully saturated rings. The number of rotatable bonds is 4. The Balaban J connectivity index is 1.78. The van der Waals surface area contributed by atoms with Crippen LogP contribution in [-0.4, -0.2) is 37.0 Å². The van der Waals surface area contributed by atoms with Crippen LogP contribution in [0.2, 0.25) is 0 Å². The van der Waals surface area contributed by atoms with E-state index in [1.165, 1.54) is 44.9 Å². The molecule has 0 bridgehead atoms. The molecule has 0 radical (unpaired) electrons. The van der Waals surface area contributed by atoms with E-state index in [2.05, 4.69) is 17.3 Å². The fourth-order valence-electron chi connectivity index (χ4n) is 3.54. The predicted octanol–water partition coefficient (Wildman–Crippen LogP) is 2.56. The van der Waals surface area contributed by atoms with Crippen LogP contribution in [-0.2, 0) is 4.79 Å². The van der Waals surface area contributed by atoms with Gasteiger partial charge in [0.2, 0.25) is 5.91 Å². The van der Waals surface area contributed by atoms with E-state index in [-0.39, 0.29) is 0 Å². The molecular weight excluding hydrogens is 224 g/mol. The van der Waals surface area contributed by atoms with E-state index in [0.29, 0.717) is 11.9 Å². The minimum Gasteiger partial charge on any atom is -0.343 e. The van der Waals surface area contributed by atoms with Gasteiger partial charge in [-0.2, -0.15) is 0 Å². The lowest BCUT2D eigenvalue weighted by atomic mass is 9.98. The summed E-state index contributed by atoms with van der Waals surface area (Å²) in [6, 6.07) is 0.690. The summed E-state index contributed by atoms with van der Waals surface area (Å²) in [5.74, 6) is 1.18. The van der Waals surface area contributed by atoms with E-state index in [1.54, 1.807) is 0 Å². The highest BCUT2D eigenvalue weighted by Crippen LogP contribution is 2.28. The molecule has 2 unspecified atom stereocenters. The van der Waals surface area contributed by atoms with E-state index >= 15 is 0 Å². The molecule has 1 aliphatic carbocycles. The Morgan fingerprint density at radius 3 is 2.83 bits per heavy atom.